The molecule has 3 heterocycles. The lowest BCUT2D eigenvalue weighted by atomic mass is 10.1. The number of halogens is 2. The fourth-order valence-electron chi connectivity index (χ4n) is 3.69. The first-order valence-corrected chi connectivity index (χ1v) is 9.91. The molecule has 0 radical (unpaired) electrons. The van der Waals surface area contributed by atoms with Crippen molar-refractivity contribution in [1.29, 1.82) is 0 Å². The van der Waals surface area contributed by atoms with E-state index in [1.54, 1.807) is 42.5 Å². The van der Waals surface area contributed by atoms with E-state index in [-0.39, 0.29) is 11.4 Å². The number of H-pyrrole nitrogens is 1. The second-order valence-electron chi connectivity index (χ2n) is 7.08. The first-order chi connectivity index (χ1) is 15.0. The molecule has 0 aliphatic rings. The van der Waals surface area contributed by atoms with Gasteiger partial charge in [0, 0.05) is 10.7 Å². The summed E-state index contributed by atoms with van der Waals surface area (Å²) in [5.41, 5.74) is 1.87. The lowest BCUT2D eigenvalue weighted by molar-refractivity contribution is 0.637. The summed E-state index contributed by atoms with van der Waals surface area (Å²) in [7, 11) is 0. The van der Waals surface area contributed by atoms with Crippen LogP contribution in [0.25, 0.3) is 27.6 Å². The smallest absolute Gasteiger partial charge is 0.266 e. The summed E-state index contributed by atoms with van der Waals surface area (Å²) in [6.45, 7) is 1.89. The fourth-order valence-corrected chi connectivity index (χ4v) is 3.87. The van der Waals surface area contributed by atoms with Gasteiger partial charge in [-0.1, -0.05) is 29.8 Å². The molecule has 0 aliphatic carbocycles. The minimum absolute atomic E-state index is 0.0233. The Labute approximate surface area is 180 Å². The first kappa shape index (κ1) is 19.2. The van der Waals surface area contributed by atoms with E-state index in [9.17, 15) is 9.18 Å². The Balaban J connectivity index is 1.72. The van der Waals surface area contributed by atoms with Gasteiger partial charge in [0.1, 0.15) is 17.7 Å². The number of nitrogens with zero attached hydrogens (tertiary/aromatic N) is 4. The van der Waals surface area contributed by atoms with Gasteiger partial charge in [0.15, 0.2) is 11.5 Å². The van der Waals surface area contributed by atoms with Crippen LogP contribution in [0.3, 0.4) is 0 Å². The maximum atomic E-state index is 14.6. The van der Waals surface area contributed by atoms with Gasteiger partial charge in [0.05, 0.1) is 23.4 Å². The van der Waals surface area contributed by atoms with Crippen LogP contribution in [0.1, 0.15) is 18.7 Å². The van der Waals surface area contributed by atoms with Gasteiger partial charge in [-0.15, -0.1) is 0 Å². The molecule has 5 aromatic rings. The molecule has 0 aliphatic heterocycles. The van der Waals surface area contributed by atoms with Crippen LogP contribution in [-0.4, -0.2) is 24.5 Å². The molecule has 0 fully saturated rings. The van der Waals surface area contributed by atoms with Crippen LogP contribution in [0.2, 0.25) is 5.02 Å². The predicted octanol–water partition coefficient (Wildman–Crippen LogP) is 4.62. The summed E-state index contributed by atoms with van der Waals surface area (Å²) < 4.78 is 16.0. The van der Waals surface area contributed by atoms with Crippen molar-refractivity contribution in [1.82, 2.24) is 24.5 Å². The zero-order valence-electron chi connectivity index (χ0n) is 16.3. The Morgan fingerprint density at radius 3 is 2.81 bits per heavy atom. The van der Waals surface area contributed by atoms with Gasteiger partial charge >= 0.3 is 0 Å². The highest BCUT2D eigenvalue weighted by atomic mass is 35.5. The van der Waals surface area contributed by atoms with Gasteiger partial charge in [0.25, 0.3) is 5.56 Å². The maximum absolute atomic E-state index is 14.6. The molecule has 5 rings (SSSR count). The van der Waals surface area contributed by atoms with Crippen molar-refractivity contribution in [2.45, 2.75) is 13.0 Å². The Hall–Kier alpha value is -3.78. The van der Waals surface area contributed by atoms with Crippen LogP contribution < -0.4 is 10.9 Å². The zero-order chi connectivity index (χ0) is 21.5. The van der Waals surface area contributed by atoms with E-state index in [1.165, 1.54) is 23.3 Å². The number of anilines is 1. The van der Waals surface area contributed by atoms with E-state index in [2.05, 4.69) is 25.3 Å². The van der Waals surface area contributed by atoms with Crippen molar-refractivity contribution >= 4 is 39.4 Å². The lowest BCUT2D eigenvalue weighted by Gasteiger charge is -2.21. The van der Waals surface area contributed by atoms with Crippen molar-refractivity contribution in [3.8, 4) is 5.69 Å². The van der Waals surface area contributed by atoms with E-state index in [0.29, 0.717) is 38.8 Å². The van der Waals surface area contributed by atoms with E-state index in [4.69, 9.17) is 11.6 Å². The van der Waals surface area contributed by atoms with Gasteiger partial charge in [-0.25, -0.2) is 19.3 Å². The largest absolute Gasteiger partial charge is 0.360 e. The van der Waals surface area contributed by atoms with E-state index < -0.39 is 11.4 Å². The van der Waals surface area contributed by atoms with Crippen molar-refractivity contribution in [3.63, 3.8) is 0 Å². The van der Waals surface area contributed by atoms with E-state index >= 15 is 0 Å². The summed E-state index contributed by atoms with van der Waals surface area (Å²) in [6, 6.07) is 12.9. The number of aromatic nitrogens is 5. The van der Waals surface area contributed by atoms with Crippen LogP contribution in [0.4, 0.5) is 10.2 Å². The van der Waals surface area contributed by atoms with Crippen molar-refractivity contribution < 1.29 is 4.39 Å². The second kappa shape index (κ2) is 7.48. The quantitative estimate of drug-likeness (QED) is 0.431. The summed E-state index contributed by atoms with van der Waals surface area (Å²) >= 11 is 6.18. The van der Waals surface area contributed by atoms with Crippen molar-refractivity contribution in [2.75, 3.05) is 5.32 Å². The van der Waals surface area contributed by atoms with Crippen LogP contribution in [0.5, 0.6) is 0 Å². The van der Waals surface area contributed by atoms with E-state index in [0.717, 1.165) is 0 Å². The zero-order valence-corrected chi connectivity index (χ0v) is 17.1. The van der Waals surface area contributed by atoms with E-state index in [1.807, 2.05) is 6.92 Å². The van der Waals surface area contributed by atoms with Crippen LogP contribution in [0.15, 0.2) is 66.0 Å². The van der Waals surface area contributed by atoms with Gasteiger partial charge in [-0.2, -0.15) is 0 Å². The average molecular weight is 435 g/mol. The highest BCUT2D eigenvalue weighted by Crippen LogP contribution is 2.27. The fraction of sp³-hybridized carbons (Fsp3) is 0.0909. The molecule has 0 bridgehead atoms. The first-order valence-electron chi connectivity index (χ1n) is 9.53. The molecule has 1 unspecified atom stereocenters. The molecule has 1 atom stereocenters. The summed E-state index contributed by atoms with van der Waals surface area (Å²) in [5, 5.41) is 4.31. The number of rotatable bonds is 4. The number of fused-ring (bicyclic) bond motifs is 2. The number of aromatic amines is 1. The molecular formula is C22H16ClFN6O. The number of hydrogen-bond donors (Lipinski definition) is 2. The molecule has 3 aromatic heterocycles. The second-order valence-corrected chi connectivity index (χ2v) is 7.52. The van der Waals surface area contributed by atoms with Crippen molar-refractivity contribution in [3.05, 3.63) is 88.1 Å². The van der Waals surface area contributed by atoms with Gasteiger partial charge in [-0.05, 0) is 42.6 Å². The van der Waals surface area contributed by atoms with Gasteiger partial charge < -0.3 is 10.3 Å². The lowest BCUT2D eigenvalue weighted by Crippen LogP contribution is -2.26. The molecule has 7 nitrogen and oxygen atoms in total. The predicted molar refractivity (Wildman–Crippen MR) is 118 cm³/mol. The molecule has 0 spiro atoms. The molecule has 0 saturated carbocycles. The number of imidazole rings is 1. The summed E-state index contributed by atoms with van der Waals surface area (Å²) in [6.07, 6.45) is 2.96. The normalized spacial score (nSPS) is 12.4. The van der Waals surface area contributed by atoms with Crippen LogP contribution in [0, 0.1) is 5.82 Å². The molecule has 9 heteroatoms. The minimum atomic E-state index is -0.570. The molecule has 2 aromatic carbocycles. The molecule has 0 saturated heterocycles. The monoisotopic (exact) mass is 434 g/mol. The summed E-state index contributed by atoms with van der Waals surface area (Å²) in [4.78, 5) is 29.0. The Bertz CT molecular complexity index is 1490. The third kappa shape index (κ3) is 3.30. The van der Waals surface area contributed by atoms with Gasteiger partial charge in [-0.3, -0.25) is 9.36 Å². The molecule has 0 amide bonds. The highest BCUT2D eigenvalue weighted by Gasteiger charge is 2.19. The third-order valence-corrected chi connectivity index (χ3v) is 5.34. The van der Waals surface area contributed by atoms with Crippen LogP contribution >= 0.6 is 11.6 Å². The molecular weight excluding hydrogens is 419 g/mol. The maximum Gasteiger partial charge on any atom is 0.266 e. The number of benzene rings is 2. The Morgan fingerprint density at radius 1 is 1.13 bits per heavy atom. The molecule has 2 N–H and O–H groups in total. The number of hydrogen-bond acceptors (Lipinski definition) is 5. The number of pyridine rings is 1. The molecule has 31 heavy (non-hydrogen) atoms. The standard InChI is InChI=1S/C22H16ClFN6O/c1-12(29-21-19-20(26-10-25-19)27-11-28-21)17-8-13-4-2-7-16(24)18(13)22(31)30(17)15-6-3-5-14(23)9-15/h2-12H,1H3,(H2,25,26,27,28,29). The van der Waals surface area contributed by atoms with Gasteiger partial charge in [0.2, 0.25) is 0 Å². The molecule has 154 valence electrons. The topological polar surface area (TPSA) is 88.5 Å². The highest BCUT2D eigenvalue weighted by molar-refractivity contribution is 6.30. The van der Waals surface area contributed by atoms with Crippen LogP contribution in [-0.2, 0) is 0 Å². The van der Waals surface area contributed by atoms with Crippen molar-refractivity contribution in [2.24, 2.45) is 0 Å². The Kier molecular flexibility index (Phi) is 4.63. The average Bonchev–Trinajstić information content (AvgIpc) is 3.23. The Morgan fingerprint density at radius 2 is 1.97 bits per heavy atom. The summed E-state index contributed by atoms with van der Waals surface area (Å²) in [5.74, 6) is -0.0531. The SMILES string of the molecule is CC(Nc1ncnc2[nH]cnc12)c1cc2cccc(F)c2c(=O)n1-c1cccc(Cl)c1. The third-order valence-electron chi connectivity index (χ3n) is 5.10. The number of nitrogens with one attached hydrogen (secondary N) is 2. The minimum Gasteiger partial charge on any atom is -0.360 e.